The Kier molecular flexibility index (Phi) is 5.39. The molecule has 0 aliphatic heterocycles. The first-order valence-corrected chi connectivity index (χ1v) is 7.75. The number of halogens is 1. The van der Waals surface area contributed by atoms with Crippen molar-refractivity contribution in [3.8, 4) is 0 Å². The summed E-state index contributed by atoms with van der Waals surface area (Å²) in [4.78, 5) is 0. The van der Waals surface area contributed by atoms with E-state index in [9.17, 15) is 0 Å². The number of benzene rings is 1. The Labute approximate surface area is 131 Å². The molecule has 0 saturated carbocycles. The summed E-state index contributed by atoms with van der Waals surface area (Å²) in [5.74, 6) is 5.78. The van der Waals surface area contributed by atoms with Crippen LogP contribution in [0.3, 0.4) is 0 Å². The van der Waals surface area contributed by atoms with Crippen LogP contribution in [0.5, 0.6) is 0 Å². The largest absolute Gasteiger partial charge is 0.271 e. The second-order valence-corrected chi connectivity index (χ2v) is 5.58. The third-order valence-corrected chi connectivity index (χ3v) is 4.28. The van der Waals surface area contributed by atoms with E-state index in [1.807, 2.05) is 23.7 Å². The predicted octanol–water partition coefficient (Wildman–Crippen LogP) is 3.17. The van der Waals surface area contributed by atoms with Gasteiger partial charge in [0.15, 0.2) is 0 Å². The van der Waals surface area contributed by atoms with Gasteiger partial charge in [-0.3, -0.25) is 16.0 Å². The molecular formula is C16H23ClN4. The summed E-state index contributed by atoms with van der Waals surface area (Å²) in [6, 6.07) is 8.12. The van der Waals surface area contributed by atoms with Gasteiger partial charge < -0.3 is 0 Å². The minimum atomic E-state index is 0.0235. The van der Waals surface area contributed by atoms with Gasteiger partial charge in [-0.25, -0.2) is 0 Å². The molecule has 2 rings (SSSR count). The number of hydrogen-bond acceptors (Lipinski definition) is 3. The minimum Gasteiger partial charge on any atom is -0.271 e. The summed E-state index contributed by atoms with van der Waals surface area (Å²) >= 11 is 6.22. The van der Waals surface area contributed by atoms with Crippen molar-refractivity contribution in [2.75, 3.05) is 0 Å². The van der Waals surface area contributed by atoms with E-state index < -0.39 is 0 Å². The molecule has 4 nitrogen and oxygen atoms in total. The zero-order valence-corrected chi connectivity index (χ0v) is 13.6. The topological polar surface area (TPSA) is 55.9 Å². The quantitative estimate of drug-likeness (QED) is 0.636. The van der Waals surface area contributed by atoms with Crippen molar-refractivity contribution in [2.45, 2.75) is 46.2 Å². The lowest BCUT2D eigenvalue weighted by Gasteiger charge is -2.19. The molecule has 1 aromatic carbocycles. The Morgan fingerprint density at radius 3 is 2.76 bits per heavy atom. The van der Waals surface area contributed by atoms with Gasteiger partial charge in [0.05, 0.1) is 11.7 Å². The molecule has 0 radical (unpaired) electrons. The monoisotopic (exact) mass is 306 g/mol. The fraction of sp³-hybridized carbons (Fsp3) is 0.438. The Bertz CT molecular complexity index is 606. The van der Waals surface area contributed by atoms with Crippen molar-refractivity contribution in [1.29, 1.82) is 0 Å². The number of aromatic nitrogens is 2. The first kappa shape index (κ1) is 16.0. The number of nitrogens with one attached hydrogen (secondary N) is 1. The molecule has 0 saturated heterocycles. The lowest BCUT2D eigenvalue weighted by molar-refractivity contribution is 0.515. The van der Waals surface area contributed by atoms with Crippen molar-refractivity contribution >= 4 is 11.6 Å². The Morgan fingerprint density at radius 1 is 1.38 bits per heavy atom. The predicted molar refractivity (Wildman–Crippen MR) is 87.2 cm³/mol. The normalized spacial score (nSPS) is 12.6. The molecule has 1 atom stereocenters. The second kappa shape index (κ2) is 7.07. The lowest BCUT2D eigenvalue weighted by Crippen LogP contribution is -2.30. The van der Waals surface area contributed by atoms with Crippen molar-refractivity contribution in [2.24, 2.45) is 5.84 Å². The molecular weight excluding hydrogens is 284 g/mol. The van der Waals surface area contributed by atoms with Gasteiger partial charge in [-0.15, -0.1) is 0 Å². The molecule has 5 heteroatoms. The highest BCUT2D eigenvalue weighted by Crippen LogP contribution is 2.26. The van der Waals surface area contributed by atoms with Crippen LogP contribution in [0.15, 0.2) is 24.3 Å². The van der Waals surface area contributed by atoms with Crippen LogP contribution < -0.4 is 11.3 Å². The summed E-state index contributed by atoms with van der Waals surface area (Å²) in [5, 5.41) is 5.36. The number of aryl methyl sites for hydroxylation is 2. The lowest BCUT2D eigenvalue weighted by atomic mass is 9.97. The Hall–Kier alpha value is -1.36. The maximum Gasteiger partial charge on any atom is 0.0624 e. The summed E-state index contributed by atoms with van der Waals surface area (Å²) in [6.07, 6.45) is 1.73. The van der Waals surface area contributed by atoms with Crippen LogP contribution in [0.25, 0.3) is 0 Å². The molecule has 0 aliphatic carbocycles. The van der Waals surface area contributed by atoms with Crippen molar-refractivity contribution in [3.05, 3.63) is 51.8 Å². The van der Waals surface area contributed by atoms with Crippen LogP contribution in [0.4, 0.5) is 0 Å². The number of nitrogens with zero attached hydrogens (tertiary/aromatic N) is 2. The summed E-state index contributed by atoms with van der Waals surface area (Å²) < 4.78 is 2.04. The summed E-state index contributed by atoms with van der Waals surface area (Å²) in [7, 11) is 0. The Morgan fingerprint density at radius 2 is 2.14 bits per heavy atom. The average molecular weight is 307 g/mol. The van der Waals surface area contributed by atoms with E-state index in [2.05, 4.69) is 36.5 Å². The smallest absolute Gasteiger partial charge is 0.0624 e. The first-order chi connectivity index (χ1) is 10.1. The molecule has 1 heterocycles. The van der Waals surface area contributed by atoms with Gasteiger partial charge in [-0.2, -0.15) is 5.10 Å². The van der Waals surface area contributed by atoms with Crippen LogP contribution in [-0.2, 0) is 19.4 Å². The zero-order chi connectivity index (χ0) is 15.4. The standard InChI is InChI=1S/C16H23ClN4/c1-4-12-9-13(21(5-2)20-12)10-16(19-18)14-7-6-8-15(17)11(14)3/h6-9,16,19H,4-5,10,18H2,1-3H3. The molecule has 0 amide bonds. The third-order valence-electron chi connectivity index (χ3n) is 3.88. The average Bonchev–Trinajstić information content (AvgIpc) is 2.90. The van der Waals surface area contributed by atoms with Gasteiger partial charge in [0, 0.05) is 23.7 Å². The molecule has 0 bridgehead atoms. The molecule has 2 aromatic rings. The van der Waals surface area contributed by atoms with Gasteiger partial charge in [0.1, 0.15) is 0 Å². The maximum absolute atomic E-state index is 6.22. The number of hydrogen-bond donors (Lipinski definition) is 2. The summed E-state index contributed by atoms with van der Waals surface area (Å²) in [6.45, 7) is 7.11. The van der Waals surface area contributed by atoms with Gasteiger partial charge in [-0.05, 0) is 43.5 Å². The number of hydrazine groups is 1. The second-order valence-electron chi connectivity index (χ2n) is 5.17. The van der Waals surface area contributed by atoms with E-state index in [-0.39, 0.29) is 6.04 Å². The zero-order valence-electron chi connectivity index (χ0n) is 12.9. The van der Waals surface area contributed by atoms with E-state index in [1.165, 1.54) is 5.69 Å². The molecule has 114 valence electrons. The van der Waals surface area contributed by atoms with Crippen molar-refractivity contribution in [1.82, 2.24) is 15.2 Å². The minimum absolute atomic E-state index is 0.0235. The van der Waals surface area contributed by atoms with Crippen LogP contribution >= 0.6 is 11.6 Å². The van der Waals surface area contributed by atoms with Gasteiger partial charge in [0.2, 0.25) is 0 Å². The maximum atomic E-state index is 6.22. The van der Waals surface area contributed by atoms with Crippen LogP contribution in [0.2, 0.25) is 5.02 Å². The summed E-state index contributed by atoms with van der Waals surface area (Å²) in [5.41, 5.74) is 7.42. The Balaban J connectivity index is 2.31. The first-order valence-electron chi connectivity index (χ1n) is 7.37. The fourth-order valence-corrected chi connectivity index (χ4v) is 2.78. The van der Waals surface area contributed by atoms with E-state index in [1.54, 1.807) is 0 Å². The van der Waals surface area contributed by atoms with Crippen LogP contribution in [0.1, 0.15) is 42.4 Å². The molecule has 1 aromatic heterocycles. The number of nitrogens with two attached hydrogens (primary N) is 1. The fourth-order valence-electron chi connectivity index (χ4n) is 2.60. The molecule has 0 fully saturated rings. The highest BCUT2D eigenvalue weighted by atomic mass is 35.5. The highest BCUT2D eigenvalue weighted by molar-refractivity contribution is 6.31. The molecule has 0 aliphatic rings. The van der Waals surface area contributed by atoms with E-state index >= 15 is 0 Å². The van der Waals surface area contributed by atoms with E-state index in [0.29, 0.717) is 0 Å². The highest BCUT2D eigenvalue weighted by Gasteiger charge is 2.17. The van der Waals surface area contributed by atoms with Crippen molar-refractivity contribution < 1.29 is 0 Å². The molecule has 0 spiro atoms. The van der Waals surface area contributed by atoms with Crippen LogP contribution in [0, 0.1) is 6.92 Å². The van der Waals surface area contributed by atoms with Gasteiger partial charge in [0.25, 0.3) is 0 Å². The SMILES string of the molecule is CCc1cc(CC(NN)c2cccc(Cl)c2C)n(CC)n1. The van der Waals surface area contributed by atoms with E-state index in [4.69, 9.17) is 17.4 Å². The third kappa shape index (κ3) is 3.46. The number of rotatable bonds is 6. The van der Waals surface area contributed by atoms with Gasteiger partial charge in [-0.1, -0.05) is 30.7 Å². The molecule has 3 N–H and O–H groups in total. The van der Waals surface area contributed by atoms with Crippen molar-refractivity contribution in [3.63, 3.8) is 0 Å². The van der Waals surface area contributed by atoms with Gasteiger partial charge >= 0.3 is 0 Å². The van der Waals surface area contributed by atoms with E-state index in [0.717, 1.165) is 41.2 Å². The molecule has 21 heavy (non-hydrogen) atoms. The van der Waals surface area contributed by atoms with Crippen LogP contribution in [-0.4, -0.2) is 9.78 Å². The molecule has 1 unspecified atom stereocenters.